The SMILES string of the molecule is CO[C@H]1CN(C)C(=O)c2ccc(NC(=O)C3CCC3)cc2OC[C@@H](C)N(C(=O)CN(C)C)C[C@H]1C. The number of amides is 3. The van der Waals surface area contributed by atoms with Crippen LogP contribution in [0.3, 0.4) is 0 Å². The van der Waals surface area contributed by atoms with E-state index in [9.17, 15) is 14.4 Å². The summed E-state index contributed by atoms with van der Waals surface area (Å²) in [6.45, 7) is 5.35. The van der Waals surface area contributed by atoms with Crippen molar-refractivity contribution in [3.8, 4) is 5.75 Å². The zero-order chi connectivity index (χ0) is 25.7. The van der Waals surface area contributed by atoms with E-state index < -0.39 is 0 Å². The highest BCUT2D eigenvalue weighted by molar-refractivity contribution is 5.99. The Hall–Kier alpha value is -2.65. The van der Waals surface area contributed by atoms with Crippen LogP contribution < -0.4 is 10.1 Å². The Kier molecular flexibility index (Phi) is 9.13. The smallest absolute Gasteiger partial charge is 0.257 e. The summed E-state index contributed by atoms with van der Waals surface area (Å²) in [5.74, 6) is 0.276. The Morgan fingerprint density at radius 3 is 2.51 bits per heavy atom. The number of hydrogen-bond acceptors (Lipinski definition) is 6. The van der Waals surface area contributed by atoms with Gasteiger partial charge in [0.2, 0.25) is 11.8 Å². The summed E-state index contributed by atoms with van der Waals surface area (Å²) in [6, 6.07) is 4.92. The molecular formula is C26H40N4O5. The minimum absolute atomic E-state index is 0.00134. The summed E-state index contributed by atoms with van der Waals surface area (Å²) in [5, 5.41) is 2.95. The number of carbonyl (C=O) groups is 3. The fourth-order valence-corrected chi connectivity index (χ4v) is 4.47. The lowest BCUT2D eigenvalue weighted by atomic mass is 9.85. The molecule has 1 aromatic rings. The third kappa shape index (κ3) is 6.73. The standard InChI is InChI=1S/C26H40N4O5/c1-17-13-30(24(31)15-28(3)4)18(2)16-35-22-12-20(27-25(32)19-8-7-9-19)10-11-21(22)26(33)29(5)14-23(17)34-6/h10-12,17-19,23H,7-9,13-16H2,1-6H3,(H,27,32)/t17-,18-,23+/m1/s1. The number of ether oxygens (including phenoxy) is 2. The lowest BCUT2D eigenvalue weighted by Gasteiger charge is -2.36. The molecule has 1 N–H and O–H groups in total. The third-order valence-corrected chi connectivity index (χ3v) is 6.96. The fraction of sp³-hybridized carbons (Fsp3) is 0.654. The van der Waals surface area contributed by atoms with Gasteiger partial charge in [-0.2, -0.15) is 0 Å². The second-order valence-corrected chi connectivity index (χ2v) is 10.2. The van der Waals surface area contributed by atoms with Crippen LogP contribution in [-0.2, 0) is 14.3 Å². The predicted molar refractivity (Wildman–Crippen MR) is 135 cm³/mol. The van der Waals surface area contributed by atoms with Crippen LogP contribution in [0.1, 0.15) is 43.5 Å². The Balaban J connectivity index is 1.91. The van der Waals surface area contributed by atoms with Crippen molar-refractivity contribution in [2.45, 2.75) is 45.3 Å². The molecule has 2 aliphatic rings. The van der Waals surface area contributed by atoms with E-state index in [1.54, 1.807) is 37.3 Å². The van der Waals surface area contributed by atoms with Crippen LogP contribution >= 0.6 is 0 Å². The van der Waals surface area contributed by atoms with Gasteiger partial charge in [0.1, 0.15) is 12.4 Å². The lowest BCUT2D eigenvalue weighted by Crippen LogP contribution is -2.50. The number of anilines is 1. The number of benzene rings is 1. The molecule has 9 heteroatoms. The van der Waals surface area contributed by atoms with E-state index in [4.69, 9.17) is 9.47 Å². The second-order valence-electron chi connectivity index (χ2n) is 10.2. The quantitative estimate of drug-likeness (QED) is 0.684. The highest BCUT2D eigenvalue weighted by Gasteiger charge is 2.31. The van der Waals surface area contributed by atoms with Crippen LogP contribution in [0.5, 0.6) is 5.75 Å². The average molecular weight is 489 g/mol. The summed E-state index contributed by atoms with van der Waals surface area (Å²) >= 11 is 0. The molecule has 0 saturated heterocycles. The van der Waals surface area contributed by atoms with E-state index in [-0.39, 0.29) is 48.3 Å². The van der Waals surface area contributed by atoms with E-state index in [0.29, 0.717) is 36.6 Å². The molecule has 0 unspecified atom stereocenters. The summed E-state index contributed by atoms with van der Waals surface area (Å²) in [6.07, 6.45) is 2.65. The summed E-state index contributed by atoms with van der Waals surface area (Å²) in [5.41, 5.74) is 1.01. The first-order chi connectivity index (χ1) is 16.6. The lowest BCUT2D eigenvalue weighted by molar-refractivity contribution is -0.136. The first-order valence-electron chi connectivity index (χ1n) is 12.4. The maximum Gasteiger partial charge on any atom is 0.257 e. The molecule has 1 aromatic carbocycles. The van der Waals surface area contributed by atoms with Crippen LogP contribution in [0.4, 0.5) is 5.69 Å². The number of nitrogens with zero attached hydrogens (tertiary/aromatic N) is 3. The van der Waals surface area contributed by atoms with Crippen molar-refractivity contribution in [2.75, 3.05) is 59.8 Å². The van der Waals surface area contributed by atoms with Gasteiger partial charge in [-0.25, -0.2) is 0 Å². The highest BCUT2D eigenvalue weighted by atomic mass is 16.5. The van der Waals surface area contributed by atoms with Crippen molar-refractivity contribution in [1.29, 1.82) is 0 Å². The van der Waals surface area contributed by atoms with Crippen molar-refractivity contribution in [2.24, 2.45) is 11.8 Å². The number of nitrogens with one attached hydrogen (secondary N) is 1. The molecule has 9 nitrogen and oxygen atoms in total. The summed E-state index contributed by atoms with van der Waals surface area (Å²) in [4.78, 5) is 44.2. The monoisotopic (exact) mass is 488 g/mol. The van der Waals surface area contributed by atoms with Crippen LogP contribution in [-0.4, -0.2) is 99.1 Å². The van der Waals surface area contributed by atoms with Crippen LogP contribution in [0.15, 0.2) is 18.2 Å². The van der Waals surface area contributed by atoms with Crippen molar-refractivity contribution >= 4 is 23.4 Å². The third-order valence-electron chi connectivity index (χ3n) is 6.96. The maximum atomic E-state index is 13.3. The van der Waals surface area contributed by atoms with Crippen LogP contribution in [0.25, 0.3) is 0 Å². The van der Waals surface area contributed by atoms with Crippen molar-refractivity contribution in [3.63, 3.8) is 0 Å². The molecule has 0 radical (unpaired) electrons. The zero-order valence-electron chi connectivity index (χ0n) is 21.9. The van der Waals surface area contributed by atoms with E-state index in [1.165, 1.54) is 0 Å². The van der Waals surface area contributed by atoms with Crippen molar-refractivity contribution < 1.29 is 23.9 Å². The molecule has 3 atom stereocenters. The van der Waals surface area contributed by atoms with Gasteiger partial charge in [0.25, 0.3) is 5.91 Å². The second kappa shape index (κ2) is 11.9. The summed E-state index contributed by atoms with van der Waals surface area (Å²) in [7, 11) is 7.11. The van der Waals surface area contributed by atoms with Crippen molar-refractivity contribution in [1.82, 2.24) is 14.7 Å². The van der Waals surface area contributed by atoms with Gasteiger partial charge in [-0.05, 0) is 46.0 Å². The average Bonchev–Trinajstić information content (AvgIpc) is 2.76. The number of methoxy groups -OCH3 is 1. The van der Waals surface area contributed by atoms with Gasteiger partial charge in [0, 0.05) is 50.8 Å². The Morgan fingerprint density at radius 1 is 1.20 bits per heavy atom. The molecule has 194 valence electrons. The molecule has 3 amide bonds. The van der Waals surface area contributed by atoms with Crippen LogP contribution in [0, 0.1) is 11.8 Å². The van der Waals surface area contributed by atoms with Crippen LogP contribution in [0.2, 0.25) is 0 Å². The zero-order valence-corrected chi connectivity index (χ0v) is 21.9. The molecule has 1 saturated carbocycles. The number of carbonyl (C=O) groups excluding carboxylic acids is 3. The molecular weight excluding hydrogens is 448 g/mol. The molecule has 0 bridgehead atoms. The number of hydrogen-bond donors (Lipinski definition) is 1. The van der Waals surface area contributed by atoms with Gasteiger partial charge in [-0.15, -0.1) is 0 Å². The minimum Gasteiger partial charge on any atom is -0.491 e. The molecule has 0 spiro atoms. The Morgan fingerprint density at radius 2 is 1.91 bits per heavy atom. The molecule has 35 heavy (non-hydrogen) atoms. The molecule has 0 aromatic heterocycles. The normalized spacial score (nSPS) is 24.1. The number of fused-ring (bicyclic) bond motifs is 1. The first-order valence-corrected chi connectivity index (χ1v) is 12.4. The van der Waals surface area contributed by atoms with E-state index in [1.807, 2.05) is 37.7 Å². The van der Waals surface area contributed by atoms with Crippen molar-refractivity contribution in [3.05, 3.63) is 23.8 Å². The maximum absolute atomic E-state index is 13.3. The fourth-order valence-electron chi connectivity index (χ4n) is 4.47. The molecule has 1 aliphatic carbocycles. The Labute approximate surface area is 208 Å². The Bertz CT molecular complexity index is 917. The van der Waals surface area contributed by atoms with Gasteiger partial charge in [-0.3, -0.25) is 14.4 Å². The molecule has 3 rings (SSSR count). The number of rotatable bonds is 5. The van der Waals surface area contributed by atoms with E-state index >= 15 is 0 Å². The van der Waals surface area contributed by atoms with Gasteiger partial charge in [-0.1, -0.05) is 13.3 Å². The predicted octanol–water partition coefficient (Wildman–Crippen LogP) is 2.32. The molecule has 1 fully saturated rings. The summed E-state index contributed by atoms with van der Waals surface area (Å²) < 4.78 is 11.9. The highest BCUT2D eigenvalue weighted by Crippen LogP contribution is 2.30. The molecule has 1 heterocycles. The topological polar surface area (TPSA) is 91.4 Å². The van der Waals surface area contributed by atoms with Gasteiger partial charge in [0.05, 0.1) is 24.3 Å². The minimum atomic E-state index is -0.240. The van der Waals surface area contributed by atoms with E-state index in [2.05, 4.69) is 5.32 Å². The first kappa shape index (κ1) is 26.9. The number of likely N-dealkylation sites (N-methyl/N-ethyl adjacent to an activating group) is 2. The van der Waals surface area contributed by atoms with Gasteiger partial charge >= 0.3 is 0 Å². The largest absolute Gasteiger partial charge is 0.491 e. The van der Waals surface area contributed by atoms with Gasteiger partial charge in [0.15, 0.2) is 0 Å². The molecule has 1 aliphatic heterocycles. The van der Waals surface area contributed by atoms with E-state index in [0.717, 1.165) is 19.3 Å². The van der Waals surface area contributed by atoms with Gasteiger partial charge < -0.3 is 29.5 Å².